The normalized spacial score (nSPS) is 25.2. The molecule has 2 fully saturated rings. The molecule has 21 heavy (non-hydrogen) atoms. The SMILES string of the molecule is NCC1(CC(=O)N2CCCC2c2cccs2)CCCCC1. The molecule has 1 saturated heterocycles. The van der Waals surface area contributed by atoms with E-state index in [2.05, 4.69) is 22.4 Å². The van der Waals surface area contributed by atoms with E-state index in [1.165, 1.54) is 24.1 Å². The summed E-state index contributed by atoms with van der Waals surface area (Å²) in [6.45, 7) is 1.58. The number of amides is 1. The zero-order valence-corrected chi connectivity index (χ0v) is 13.5. The second kappa shape index (κ2) is 6.49. The number of hydrogen-bond donors (Lipinski definition) is 1. The quantitative estimate of drug-likeness (QED) is 0.921. The van der Waals surface area contributed by atoms with E-state index >= 15 is 0 Å². The molecule has 2 aliphatic rings. The van der Waals surface area contributed by atoms with Crippen LogP contribution in [0.25, 0.3) is 0 Å². The third-order valence-electron chi connectivity index (χ3n) is 5.32. The highest BCUT2D eigenvalue weighted by molar-refractivity contribution is 7.10. The van der Waals surface area contributed by atoms with Crippen LogP contribution in [0.1, 0.15) is 62.3 Å². The molecular formula is C17H26N2OS. The molecule has 0 radical (unpaired) electrons. The van der Waals surface area contributed by atoms with Gasteiger partial charge in [-0.2, -0.15) is 0 Å². The first-order valence-electron chi connectivity index (χ1n) is 8.27. The molecule has 4 heteroatoms. The average molecular weight is 306 g/mol. The van der Waals surface area contributed by atoms with Gasteiger partial charge in [0.1, 0.15) is 0 Å². The summed E-state index contributed by atoms with van der Waals surface area (Å²) in [5.41, 5.74) is 6.13. The highest BCUT2D eigenvalue weighted by atomic mass is 32.1. The first-order chi connectivity index (χ1) is 10.2. The Labute approximate surface area is 131 Å². The highest BCUT2D eigenvalue weighted by Crippen LogP contribution is 2.41. The second-order valence-corrected chi connectivity index (χ2v) is 7.68. The molecule has 0 spiro atoms. The monoisotopic (exact) mass is 306 g/mol. The average Bonchev–Trinajstić information content (AvgIpc) is 3.18. The van der Waals surface area contributed by atoms with Crippen LogP contribution >= 0.6 is 11.3 Å². The van der Waals surface area contributed by atoms with Gasteiger partial charge in [-0.25, -0.2) is 0 Å². The number of nitrogens with two attached hydrogens (primary N) is 1. The molecule has 3 nitrogen and oxygen atoms in total. The number of thiophene rings is 1. The Morgan fingerprint density at radius 2 is 2.14 bits per heavy atom. The summed E-state index contributed by atoms with van der Waals surface area (Å²) in [5.74, 6) is 0.332. The summed E-state index contributed by atoms with van der Waals surface area (Å²) < 4.78 is 0. The number of hydrogen-bond acceptors (Lipinski definition) is 3. The van der Waals surface area contributed by atoms with Gasteiger partial charge in [0.15, 0.2) is 0 Å². The molecule has 1 atom stereocenters. The van der Waals surface area contributed by atoms with Crippen molar-refractivity contribution in [3.05, 3.63) is 22.4 Å². The first kappa shape index (κ1) is 15.0. The number of likely N-dealkylation sites (tertiary alicyclic amines) is 1. The molecule has 1 aliphatic heterocycles. The molecule has 2 heterocycles. The predicted octanol–water partition coefficient (Wildman–Crippen LogP) is 3.71. The van der Waals surface area contributed by atoms with Crippen LogP contribution in [0.15, 0.2) is 17.5 Å². The smallest absolute Gasteiger partial charge is 0.223 e. The van der Waals surface area contributed by atoms with Crippen LogP contribution in [0.5, 0.6) is 0 Å². The molecule has 1 aliphatic carbocycles. The van der Waals surface area contributed by atoms with Crippen LogP contribution in [0.2, 0.25) is 0 Å². The van der Waals surface area contributed by atoms with Crippen LogP contribution in [0.4, 0.5) is 0 Å². The standard InChI is InChI=1S/C17H26N2OS/c18-13-17(8-2-1-3-9-17)12-16(20)19-10-4-6-14(19)15-7-5-11-21-15/h5,7,11,14H,1-4,6,8-10,12-13,18H2. The van der Waals surface area contributed by atoms with Gasteiger partial charge in [0, 0.05) is 17.8 Å². The minimum absolute atomic E-state index is 0.0813. The van der Waals surface area contributed by atoms with Crippen molar-refractivity contribution in [2.45, 2.75) is 57.4 Å². The van der Waals surface area contributed by atoms with Gasteiger partial charge in [-0.1, -0.05) is 25.3 Å². The van der Waals surface area contributed by atoms with Crippen LogP contribution in [-0.2, 0) is 4.79 Å². The van der Waals surface area contributed by atoms with E-state index in [-0.39, 0.29) is 5.41 Å². The zero-order valence-electron chi connectivity index (χ0n) is 12.7. The lowest BCUT2D eigenvalue weighted by Gasteiger charge is -2.37. The van der Waals surface area contributed by atoms with Crippen molar-refractivity contribution < 1.29 is 4.79 Å². The van der Waals surface area contributed by atoms with E-state index in [0.29, 0.717) is 24.9 Å². The minimum Gasteiger partial charge on any atom is -0.335 e. The number of carbonyl (C=O) groups excluding carboxylic acids is 1. The fraction of sp³-hybridized carbons (Fsp3) is 0.706. The van der Waals surface area contributed by atoms with E-state index in [1.807, 2.05) is 0 Å². The van der Waals surface area contributed by atoms with Gasteiger partial charge in [-0.05, 0) is 49.1 Å². The summed E-state index contributed by atoms with van der Waals surface area (Å²) in [6.07, 6.45) is 8.94. The third kappa shape index (κ3) is 3.16. The van der Waals surface area contributed by atoms with Gasteiger partial charge < -0.3 is 10.6 Å². The van der Waals surface area contributed by atoms with Gasteiger partial charge in [0.25, 0.3) is 0 Å². The summed E-state index contributed by atoms with van der Waals surface area (Å²) >= 11 is 1.77. The summed E-state index contributed by atoms with van der Waals surface area (Å²) in [5, 5.41) is 2.11. The van der Waals surface area contributed by atoms with E-state index in [4.69, 9.17) is 5.73 Å². The van der Waals surface area contributed by atoms with Gasteiger partial charge in [0.2, 0.25) is 5.91 Å². The highest BCUT2D eigenvalue weighted by Gasteiger charge is 2.37. The Morgan fingerprint density at radius 3 is 2.81 bits per heavy atom. The molecule has 1 aromatic heterocycles. The summed E-state index contributed by atoms with van der Waals surface area (Å²) in [4.78, 5) is 16.3. The van der Waals surface area contributed by atoms with Crippen LogP contribution in [0.3, 0.4) is 0 Å². The molecule has 3 rings (SSSR count). The lowest BCUT2D eigenvalue weighted by molar-refractivity contribution is -0.135. The molecule has 0 bridgehead atoms. The Morgan fingerprint density at radius 1 is 1.33 bits per heavy atom. The Bertz CT molecular complexity index is 465. The van der Waals surface area contributed by atoms with Crippen LogP contribution in [0, 0.1) is 5.41 Å². The van der Waals surface area contributed by atoms with Crippen molar-refractivity contribution in [3.8, 4) is 0 Å². The van der Waals surface area contributed by atoms with Gasteiger partial charge in [0.05, 0.1) is 6.04 Å². The van der Waals surface area contributed by atoms with Gasteiger partial charge >= 0.3 is 0 Å². The van der Waals surface area contributed by atoms with Crippen LogP contribution in [-0.4, -0.2) is 23.9 Å². The topological polar surface area (TPSA) is 46.3 Å². The maximum absolute atomic E-state index is 12.9. The summed E-state index contributed by atoms with van der Waals surface area (Å²) in [7, 11) is 0. The van der Waals surface area contributed by atoms with Crippen molar-refractivity contribution in [1.82, 2.24) is 4.90 Å². The van der Waals surface area contributed by atoms with E-state index in [1.54, 1.807) is 11.3 Å². The van der Waals surface area contributed by atoms with E-state index in [0.717, 1.165) is 32.2 Å². The van der Waals surface area contributed by atoms with Gasteiger partial charge in [-0.15, -0.1) is 11.3 Å². The lowest BCUT2D eigenvalue weighted by Crippen LogP contribution is -2.40. The molecule has 1 saturated carbocycles. The maximum Gasteiger partial charge on any atom is 0.223 e. The third-order valence-corrected chi connectivity index (χ3v) is 6.29. The molecule has 1 unspecified atom stereocenters. The number of rotatable bonds is 4. The molecule has 1 amide bonds. The van der Waals surface area contributed by atoms with Gasteiger partial charge in [-0.3, -0.25) is 4.79 Å². The fourth-order valence-electron chi connectivity index (χ4n) is 4.02. The van der Waals surface area contributed by atoms with Crippen molar-refractivity contribution in [1.29, 1.82) is 0 Å². The van der Waals surface area contributed by atoms with E-state index in [9.17, 15) is 4.79 Å². The zero-order chi connectivity index (χ0) is 14.7. The lowest BCUT2D eigenvalue weighted by atomic mass is 9.71. The minimum atomic E-state index is 0.0813. The summed E-state index contributed by atoms with van der Waals surface area (Å²) in [6, 6.07) is 4.57. The van der Waals surface area contributed by atoms with Crippen molar-refractivity contribution in [2.75, 3.05) is 13.1 Å². The molecule has 1 aromatic rings. The molecule has 0 aromatic carbocycles. The number of carbonyl (C=O) groups is 1. The van der Waals surface area contributed by atoms with Crippen LogP contribution < -0.4 is 5.73 Å². The Balaban J connectivity index is 1.69. The molecule has 116 valence electrons. The molecule has 2 N–H and O–H groups in total. The number of nitrogens with zero attached hydrogens (tertiary/aromatic N) is 1. The van der Waals surface area contributed by atoms with Crippen molar-refractivity contribution in [2.24, 2.45) is 11.1 Å². The first-order valence-corrected chi connectivity index (χ1v) is 9.15. The maximum atomic E-state index is 12.9. The van der Waals surface area contributed by atoms with E-state index < -0.39 is 0 Å². The fourth-order valence-corrected chi connectivity index (χ4v) is 4.89. The molecular weight excluding hydrogens is 280 g/mol. The van der Waals surface area contributed by atoms with Crippen molar-refractivity contribution in [3.63, 3.8) is 0 Å². The van der Waals surface area contributed by atoms with Crippen molar-refractivity contribution >= 4 is 17.2 Å². The Kier molecular flexibility index (Phi) is 4.65. The second-order valence-electron chi connectivity index (χ2n) is 6.70. The Hall–Kier alpha value is -0.870. The largest absolute Gasteiger partial charge is 0.335 e. The predicted molar refractivity (Wildman–Crippen MR) is 87.2 cm³/mol.